The van der Waals surface area contributed by atoms with Gasteiger partial charge in [-0.15, -0.1) is 0 Å². The summed E-state index contributed by atoms with van der Waals surface area (Å²) < 4.78 is 25.5. The molecule has 4 aromatic rings. The second-order valence-corrected chi connectivity index (χ2v) is 12.6. The highest BCUT2D eigenvalue weighted by atomic mass is 19.1. The number of halogens is 1. The molecular formula is C39H46FN7O4. The number of nitrogens with one attached hydrogen (secondary N) is 2. The van der Waals surface area contributed by atoms with Gasteiger partial charge in [0, 0.05) is 37.3 Å². The molecule has 0 unspecified atom stereocenters. The van der Waals surface area contributed by atoms with Crippen molar-refractivity contribution in [3.63, 3.8) is 0 Å². The van der Waals surface area contributed by atoms with Crippen LogP contribution in [-0.4, -0.2) is 72.8 Å². The summed E-state index contributed by atoms with van der Waals surface area (Å²) in [5, 5.41) is 8.21. The summed E-state index contributed by atoms with van der Waals surface area (Å²) in [6.07, 6.45) is 6.32. The molecule has 0 radical (unpaired) electrons. The van der Waals surface area contributed by atoms with Crippen LogP contribution < -0.4 is 30.1 Å². The van der Waals surface area contributed by atoms with E-state index in [9.17, 15) is 9.18 Å². The summed E-state index contributed by atoms with van der Waals surface area (Å²) in [6.45, 7) is 12.4. The molecule has 1 amide bonds. The Bertz CT molecular complexity index is 1810. The number of rotatable bonds is 14. The lowest BCUT2D eigenvalue weighted by atomic mass is 10.0. The van der Waals surface area contributed by atoms with Gasteiger partial charge in [-0.1, -0.05) is 38.6 Å². The van der Waals surface area contributed by atoms with Gasteiger partial charge in [-0.05, 0) is 80.7 Å². The van der Waals surface area contributed by atoms with Crippen LogP contribution in [0.3, 0.4) is 0 Å². The van der Waals surface area contributed by atoms with Crippen LogP contribution in [0.25, 0.3) is 0 Å². The monoisotopic (exact) mass is 695 g/mol. The van der Waals surface area contributed by atoms with Gasteiger partial charge in [0.15, 0.2) is 5.82 Å². The number of piperidine rings is 1. The Morgan fingerprint density at radius 1 is 1.02 bits per heavy atom. The van der Waals surface area contributed by atoms with Gasteiger partial charge in [0.1, 0.15) is 35.2 Å². The molecule has 11 nitrogen and oxygen atoms in total. The van der Waals surface area contributed by atoms with E-state index in [1.165, 1.54) is 24.5 Å². The number of nitrogens with zero attached hydrogens (tertiary/aromatic N) is 5. The molecule has 1 aromatic heterocycles. The number of aromatic nitrogens is 2. The third-order valence-corrected chi connectivity index (χ3v) is 9.45. The van der Waals surface area contributed by atoms with Gasteiger partial charge < -0.3 is 29.9 Å². The molecule has 6 rings (SSSR count). The van der Waals surface area contributed by atoms with E-state index in [0.29, 0.717) is 59.3 Å². The lowest BCUT2D eigenvalue weighted by molar-refractivity contribution is -0.111. The molecule has 2 aliphatic rings. The number of anilines is 5. The Hall–Kier alpha value is -5.20. The summed E-state index contributed by atoms with van der Waals surface area (Å²) >= 11 is 0. The molecule has 3 aromatic carbocycles. The first-order valence-electron chi connectivity index (χ1n) is 17.5. The van der Waals surface area contributed by atoms with Crippen molar-refractivity contribution in [2.24, 2.45) is 0 Å². The number of methoxy groups -OCH3 is 1. The normalized spacial score (nSPS) is 16.3. The third kappa shape index (κ3) is 8.76. The fourth-order valence-electron chi connectivity index (χ4n) is 6.89. The molecule has 0 bridgehead atoms. The lowest BCUT2D eigenvalue weighted by Crippen LogP contribution is -2.45. The molecule has 0 saturated carbocycles. The zero-order valence-corrected chi connectivity index (χ0v) is 29.5. The van der Waals surface area contributed by atoms with Crippen LogP contribution in [-0.2, 0) is 16.1 Å². The number of ether oxygens (including phenoxy) is 2. The summed E-state index contributed by atoms with van der Waals surface area (Å²) in [7, 11) is 1.63. The van der Waals surface area contributed by atoms with E-state index in [1.807, 2.05) is 47.5 Å². The second kappa shape index (κ2) is 16.7. The van der Waals surface area contributed by atoms with E-state index in [2.05, 4.69) is 50.8 Å². The fourth-order valence-corrected chi connectivity index (χ4v) is 6.89. The Balaban J connectivity index is 1.19. The number of hydrogen-bond acceptors (Lipinski definition) is 10. The maximum absolute atomic E-state index is 13.7. The van der Waals surface area contributed by atoms with Gasteiger partial charge in [-0.2, -0.15) is 0 Å². The van der Waals surface area contributed by atoms with Crippen molar-refractivity contribution >= 4 is 34.6 Å². The van der Waals surface area contributed by atoms with Crippen LogP contribution in [0, 0.1) is 5.82 Å². The summed E-state index contributed by atoms with van der Waals surface area (Å²) in [5.41, 5.74) is 3.24. The molecule has 0 spiro atoms. The standard InChI is InChI=1S/C39H46FN7O4/c1-5-39(48)44-33-23-34(36(49-4)24-35(33)46-17-14-29(15-18-46)45(6-2)7-3)43-37-25-38(42-26-41-37)47-30(16-19-50-47)20-27-10-8-12-31(21-27)51-32-13-9-11-28(40)22-32/h5,8-13,21-26,29-30H,1,6-7,14-20H2,2-4H3,(H,44,48)(H,41,42,43)/t30-/m1/s1. The molecule has 268 valence electrons. The highest BCUT2D eigenvalue weighted by Gasteiger charge is 2.29. The van der Waals surface area contributed by atoms with E-state index in [4.69, 9.17) is 14.3 Å². The number of carbonyl (C=O) groups excluding carboxylic acids is 1. The Labute approximate surface area is 299 Å². The van der Waals surface area contributed by atoms with Gasteiger partial charge in [-0.25, -0.2) is 19.4 Å². The first kappa shape index (κ1) is 35.6. The van der Waals surface area contributed by atoms with Gasteiger partial charge >= 0.3 is 0 Å². The highest BCUT2D eigenvalue weighted by molar-refractivity contribution is 6.02. The molecule has 0 aliphatic carbocycles. The van der Waals surface area contributed by atoms with Crippen molar-refractivity contribution in [1.29, 1.82) is 0 Å². The van der Waals surface area contributed by atoms with Crippen LogP contribution in [0.15, 0.2) is 85.7 Å². The van der Waals surface area contributed by atoms with Gasteiger partial charge in [0.2, 0.25) is 5.91 Å². The van der Waals surface area contributed by atoms with Crippen LogP contribution >= 0.6 is 0 Å². The first-order valence-corrected chi connectivity index (χ1v) is 17.5. The van der Waals surface area contributed by atoms with E-state index in [0.717, 1.165) is 56.7 Å². The smallest absolute Gasteiger partial charge is 0.247 e. The molecule has 3 heterocycles. The number of hydroxylamine groups is 1. The minimum absolute atomic E-state index is 0.0116. The Morgan fingerprint density at radius 2 is 1.78 bits per heavy atom. The van der Waals surface area contributed by atoms with E-state index in [-0.39, 0.29) is 17.8 Å². The van der Waals surface area contributed by atoms with Crippen molar-refractivity contribution in [2.45, 2.75) is 51.6 Å². The Morgan fingerprint density at radius 3 is 2.51 bits per heavy atom. The number of amides is 1. The molecule has 2 saturated heterocycles. The van der Waals surface area contributed by atoms with Crippen molar-refractivity contribution in [1.82, 2.24) is 14.9 Å². The third-order valence-electron chi connectivity index (χ3n) is 9.45. The van der Waals surface area contributed by atoms with Crippen molar-refractivity contribution in [3.8, 4) is 17.2 Å². The SMILES string of the molecule is C=CC(=O)Nc1cc(Nc2cc(N3OCC[C@@H]3Cc3cccc(Oc4cccc(F)c4)c3)ncn2)c(OC)cc1N1CCC(N(CC)CC)CC1. The minimum Gasteiger partial charge on any atom is -0.494 e. The average Bonchev–Trinajstić information content (AvgIpc) is 3.61. The highest BCUT2D eigenvalue weighted by Crippen LogP contribution is 2.40. The summed E-state index contributed by atoms with van der Waals surface area (Å²) in [4.78, 5) is 32.5. The topological polar surface area (TPSA) is 104 Å². The lowest BCUT2D eigenvalue weighted by Gasteiger charge is -2.39. The quantitative estimate of drug-likeness (QED) is 0.130. The minimum atomic E-state index is -0.349. The molecule has 12 heteroatoms. The van der Waals surface area contributed by atoms with Crippen LogP contribution in [0.2, 0.25) is 0 Å². The Kier molecular flexibility index (Phi) is 11.6. The molecule has 51 heavy (non-hydrogen) atoms. The van der Waals surface area contributed by atoms with Crippen LogP contribution in [0.1, 0.15) is 38.7 Å². The number of carbonyl (C=O) groups is 1. The molecule has 1 atom stereocenters. The summed E-state index contributed by atoms with van der Waals surface area (Å²) in [5.74, 6) is 2.18. The van der Waals surface area contributed by atoms with Crippen molar-refractivity contribution in [3.05, 3.63) is 97.1 Å². The predicted octanol–water partition coefficient (Wildman–Crippen LogP) is 7.35. The molecular weight excluding hydrogens is 649 g/mol. The predicted molar refractivity (Wildman–Crippen MR) is 199 cm³/mol. The van der Waals surface area contributed by atoms with Crippen molar-refractivity contribution < 1.29 is 23.5 Å². The van der Waals surface area contributed by atoms with Gasteiger partial charge in [0.05, 0.1) is 36.8 Å². The van der Waals surface area contributed by atoms with Crippen LogP contribution in [0.4, 0.5) is 33.1 Å². The second-order valence-electron chi connectivity index (χ2n) is 12.6. The largest absolute Gasteiger partial charge is 0.494 e. The average molecular weight is 696 g/mol. The van der Waals surface area contributed by atoms with E-state index < -0.39 is 0 Å². The summed E-state index contributed by atoms with van der Waals surface area (Å²) in [6, 6.07) is 20.1. The maximum Gasteiger partial charge on any atom is 0.247 e. The van der Waals surface area contributed by atoms with E-state index in [1.54, 1.807) is 19.2 Å². The first-order chi connectivity index (χ1) is 24.9. The van der Waals surface area contributed by atoms with E-state index >= 15 is 0 Å². The number of benzene rings is 3. The maximum atomic E-state index is 13.7. The van der Waals surface area contributed by atoms with Crippen molar-refractivity contribution in [2.75, 3.05) is 60.5 Å². The number of hydrogen-bond donors (Lipinski definition) is 2. The van der Waals surface area contributed by atoms with Gasteiger partial charge in [0.25, 0.3) is 0 Å². The molecule has 2 fully saturated rings. The van der Waals surface area contributed by atoms with Crippen LogP contribution in [0.5, 0.6) is 17.2 Å². The zero-order valence-electron chi connectivity index (χ0n) is 29.5. The molecule has 2 N–H and O–H groups in total. The fraction of sp³-hybridized carbons (Fsp3) is 0.359. The zero-order chi connectivity index (χ0) is 35.7. The molecule has 2 aliphatic heterocycles. The van der Waals surface area contributed by atoms with Gasteiger partial charge in [-0.3, -0.25) is 9.63 Å².